The monoisotopic (exact) mass is 328 g/mol. The average molecular weight is 328 g/mol. The van der Waals surface area contributed by atoms with Crippen LogP contribution in [0.1, 0.15) is 25.7 Å². The Bertz CT molecular complexity index is 586. The normalized spacial score (nSPS) is 28.3. The second kappa shape index (κ2) is 6.55. The number of fused-ring (bicyclic) bond motifs is 1. The fourth-order valence-corrected chi connectivity index (χ4v) is 4.49. The van der Waals surface area contributed by atoms with Crippen molar-refractivity contribution in [1.29, 1.82) is 0 Å². The minimum Gasteiger partial charge on any atom is -0.360 e. The third-order valence-corrected chi connectivity index (χ3v) is 5.91. The molecule has 2 aliphatic heterocycles. The number of hydrogen-bond acceptors (Lipinski definition) is 3. The Labute approximate surface area is 143 Å². The van der Waals surface area contributed by atoms with E-state index in [2.05, 4.69) is 29.2 Å². The van der Waals surface area contributed by atoms with E-state index < -0.39 is 0 Å². The van der Waals surface area contributed by atoms with Gasteiger partial charge in [0.15, 0.2) is 6.67 Å². The summed E-state index contributed by atoms with van der Waals surface area (Å²) < 4.78 is 0. The highest BCUT2D eigenvalue weighted by atomic mass is 16.2. The number of rotatable bonds is 3. The molecule has 3 aliphatic rings. The van der Waals surface area contributed by atoms with Crippen LogP contribution in [0.2, 0.25) is 0 Å². The SMILES string of the molecule is O=C1[C@H]2CCCC[C@H]2C(=O)N1C[NH+]1CCN(c2ccccc2)CC1. The summed E-state index contributed by atoms with van der Waals surface area (Å²) in [5, 5.41) is 0. The van der Waals surface area contributed by atoms with Gasteiger partial charge in [-0.25, -0.2) is 4.90 Å². The molecule has 2 heterocycles. The van der Waals surface area contributed by atoms with Crippen molar-refractivity contribution >= 4 is 17.5 Å². The third-order valence-electron chi connectivity index (χ3n) is 5.91. The first kappa shape index (κ1) is 15.6. The molecule has 5 nitrogen and oxygen atoms in total. The molecule has 0 unspecified atom stereocenters. The zero-order chi connectivity index (χ0) is 16.5. The molecule has 0 bridgehead atoms. The molecule has 1 aromatic carbocycles. The number of nitrogens with zero attached hydrogens (tertiary/aromatic N) is 2. The molecular weight excluding hydrogens is 302 g/mol. The molecule has 128 valence electrons. The van der Waals surface area contributed by atoms with Crippen LogP contribution in [0.25, 0.3) is 0 Å². The lowest BCUT2D eigenvalue weighted by molar-refractivity contribution is -0.908. The molecule has 0 spiro atoms. The number of carbonyl (C=O) groups excluding carboxylic acids is 2. The van der Waals surface area contributed by atoms with Gasteiger partial charge in [-0.3, -0.25) is 9.59 Å². The van der Waals surface area contributed by atoms with Gasteiger partial charge in [0.25, 0.3) is 0 Å². The van der Waals surface area contributed by atoms with E-state index in [1.54, 1.807) is 4.90 Å². The highest BCUT2D eigenvalue weighted by Crippen LogP contribution is 2.37. The van der Waals surface area contributed by atoms with E-state index in [9.17, 15) is 9.59 Å². The molecule has 0 radical (unpaired) electrons. The fraction of sp³-hybridized carbons (Fsp3) is 0.579. The summed E-state index contributed by atoms with van der Waals surface area (Å²) in [4.78, 5) is 30.5. The largest absolute Gasteiger partial charge is 0.360 e. The summed E-state index contributed by atoms with van der Waals surface area (Å²) in [7, 11) is 0. The molecule has 1 saturated carbocycles. The summed E-state index contributed by atoms with van der Waals surface area (Å²) >= 11 is 0. The second-order valence-electron chi connectivity index (χ2n) is 7.33. The maximum absolute atomic E-state index is 12.6. The molecular formula is C19H26N3O2+. The van der Waals surface area contributed by atoms with E-state index in [1.165, 1.54) is 10.6 Å². The van der Waals surface area contributed by atoms with Gasteiger partial charge in [-0.1, -0.05) is 31.0 Å². The second-order valence-corrected chi connectivity index (χ2v) is 7.33. The van der Waals surface area contributed by atoms with Crippen LogP contribution in [0.15, 0.2) is 30.3 Å². The van der Waals surface area contributed by atoms with Crippen LogP contribution in [0, 0.1) is 11.8 Å². The molecule has 2 saturated heterocycles. The van der Waals surface area contributed by atoms with Crippen LogP contribution < -0.4 is 9.80 Å². The minimum atomic E-state index is -0.0174. The van der Waals surface area contributed by atoms with Crippen molar-refractivity contribution in [3.63, 3.8) is 0 Å². The minimum absolute atomic E-state index is 0.0174. The standard InChI is InChI=1S/C19H25N3O2/c23-18-16-8-4-5-9-17(16)19(24)22(18)14-20-10-12-21(13-11-20)15-6-2-1-3-7-15/h1-3,6-7,16-17H,4-5,8-14H2/p+1/t16-,17+. The molecule has 1 aromatic rings. The molecule has 0 aromatic heterocycles. The van der Waals surface area contributed by atoms with Gasteiger partial charge in [0.1, 0.15) is 0 Å². The van der Waals surface area contributed by atoms with Crippen LogP contribution in [-0.2, 0) is 9.59 Å². The average Bonchev–Trinajstić information content (AvgIpc) is 2.88. The topological polar surface area (TPSA) is 45.1 Å². The van der Waals surface area contributed by atoms with Crippen LogP contribution in [0.5, 0.6) is 0 Å². The Kier molecular flexibility index (Phi) is 4.27. The number of nitrogens with one attached hydrogen (secondary N) is 1. The van der Waals surface area contributed by atoms with Crippen molar-refractivity contribution in [2.24, 2.45) is 11.8 Å². The van der Waals surface area contributed by atoms with Gasteiger partial charge < -0.3 is 9.80 Å². The number of likely N-dealkylation sites (tertiary alicyclic amines) is 1. The van der Waals surface area contributed by atoms with Gasteiger partial charge in [0.05, 0.1) is 38.0 Å². The van der Waals surface area contributed by atoms with Gasteiger partial charge in [-0.15, -0.1) is 0 Å². The Balaban J connectivity index is 1.35. The van der Waals surface area contributed by atoms with E-state index in [4.69, 9.17) is 0 Å². The van der Waals surface area contributed by atoms with E-state index >= 15 is 0 Å². The predicted molar refractivity (Wildman–Crippen MR) is 91.5 cm³/mol. The molecule has 1 N–H and O–H groups in total. The van der Waals surface area contributed by atoms with Crippen molar-refractivity contribution in [2.75, 3.05) is 37.7 Å². The number of imide groups is 1. The van der Waals surface area contributed by atoms with Crippen molar-refractivity contribution in [3.05, 3.63) is 30.3 Å². The Morgan fingerprint density at radius 3 is 2.08 bits per heavy atom. The quantitative estimate of drug-likeness (QED) is 0.823. The van der Waals surface area contributed by atoms with E-state index in [0.717, 1.165) is 51.9 Å². The number of benzene rings is 1. The lowest BCUT2D eigenvalue weighted by Crippen LogP contribution is -3.16. The molecule has 24 heavy (non-hydrogen) atoms. The van der Waals surface area contributed by atoms with Crippen molar-refractivity contribution in [1.82, 2.24) is 4.90 Å². The Morgan fingerprint density at radius 1 is 0.917 bits per heavy atom. The first-order valence-corrected chi connectivity index (χ1v) is 9.23. The van der Waals surface area contributed by atoms with Crippen molar-refractivity contribution in [3.8, 4) is 0 Å². The summed E-state index contributed by atoms with van der Waals surface area (Å²) in [6.45, 7) is 4.46. The molecule has 1 aliphatic carbocycles. The molecule has 5 heteroatoms. The first-order chi connectivity index (χ1) is 11.7. The van der Waals surface area contributed by atoms with Crippen molar-refractivity contribution in [2.45, 2.75) is 25.7 Å². The number of quaternary nitrogens is 1. The van der Waals surface area contributed by atoms with E-state index in [-0.39, 0.29) is 23.7 Å². The third kappa shape index (κ3) is 2.81. The number of anilines is 1. The van der Waals surface area contributed by atoms with Crippen LogP contribution in [0.4, 0.5) is 5.69 Å². The Hall–Kier alpha value is -1.88. The number of amides is 2. The van der Waals surface area contributed by atoms with Crippen LogP contribution >= 0.6 is 0 Å². The summed E-state index contributed by atoms with van der Waals surface area (Å²) in [5.41, 5.74) is 1.26. The van der Waals surface area contributed by atoms with Gasteiger partial charge in [-0.2, -0.15) is 0 Å². The number of hydrogen-bond donors (Lipinski definition) is 1. The maximum Gasteiger partial charge on any atom is 0.237 e. The predicted octanol–water partition coefficient (Wildman–Crippen LogP) is 0.524. The lowest BCUT2D eigenvalue weighted by atomic mass is 9.81. The smallest absolute Gasteiger partial charge is 0.237 e. The van der Waals surface area contributed by atoms with E-state index in [0.29, 0.717) is 6.67 Å². The highest BCUT2D eigenvalue weighted by Gasteiger charge is 2.49. The summed E-state index contributed by atoms with van der Waals surface area (Å²) in [6.07, 6.45) is 4.00. The molecule has 2 amide bonds. The summed E-state index contributed by atoms with van der Waals surface area (Å²) in [6, 6.07) is 10.5. The van der Waals surface area contributed by atoms with Gasteiger partial charge in [0, 0.05) is 5.69 Å². The summed E-state index contributed by atoms with van der Waals surface area (Å²) in [5.74, 6) is 0.165. The zero-order valence-electron chi connectivity index (χ0n) is 14.1. The maximum atomic E-state index is 12.6. The van der Waals surface area contributed by atoms with Crippen LogP contribution in [-0.4, -0.2) is 49.6 Å². The number of carbonyl (C=O) groups is 2. The molecule has 2 atom stereocenters. The van der Waals surface area contributed by atoms with Gasteiger partial charge in [-0.05, 0) is 25.0 Å². The molecule has 4 rings (SSSR count). The number of piperazine rings is 1. The van der Waals surface area contributed by atoms with Gasteiger partial charge >= 0.3 is 0 Å². The van der Waals surface area contributed by atoms with Gasteiger partial charge in [0.2, 0.25) is 11.8 Å². The lowest BCUT2D eigenvalue weighted by Gasteiger charge is -2.34. The fourth-order valence-electron chi connectivity index (χ4n) is 4.49. The highest BCUT2D eigenvalue weighted by molar-refractivity contribution is 6.05. The van der Waals surface area contributed by atoms with Crippen LogP contribution in [0.3, 0.4) is 0 Å². The van der Waals surface area contributed by atoms with Crippen molar-refractivity contribution < 1.29 is 14.5 Å². The zero-order valence-corrected chi connectivity index (χ0v) is 14.1. The number of para-hydroxylation sites is 1. The first-order valence-electron chi connectivity index (χ1n) is 9.23. The molecule has 3 fully saturated rings. The Morgan fingerprint density at radius 2 is 1.50 bits per heavy atom. The van der Waals surface area contributed by atoms with E-state index in [1.807, 2.05) is 6.07 Å².